The van der Waals surface area contributed by atoms with Crippen LogP contribution in [0.5, 0.6) is 5.75 Å². The van der Waals surface area contributed by atoms with Gasteiger partial charge in [-0.1, -0.05) is 12.1 Å². The molecule has 0 radical (unpaired) electrons. The van der Waals surface area contributed by atoms with Gasteiger partial charge < -0.3 is 14.6 Å². The molecule has 1 heterocycles. The van der Waals surface area contributed by atoms with Crippen LogP contribution in [0.3, 0.4) is 0 Å². The largest absolute Gasteiger partial charge is 0.497 e. The molecule has 0 aromatic heterocycles. The fourth-order valence-corrected chi connectivity index (χ4v) is 2.45. The summed E-state index contributed by atoms with van der Waals surface area (Å²) in [4.78, 5) is 0. The van der Waals surface area contributed by atoms with Crippen LogP contribution < -0.4 is 4.74 Å². The van der Waals surface area contributed by atoms with Crippen LogP contribution in [0.1, 0.15) is 18.9 Å². The minimum absolute atomic E-state index is 0.163. The molecule has 1 aromatic rings. The zero-order valence-electron chi connectivity index (χ0n) is 10.4. The van der Waals surface area contributed by atoms with Gasteiger partial charge in [0.1, 0.15) is 5.75 Å². The van der Waals surface area contributed by atoms with Crippen LogP contribution in [0.15, 0.2) is 24.3 Å². The molecule has 3 heteroatoms. The van der Waals surface area contributed by atoms with E-state index in [1.54, 1.807) is 7.11 Å². The van der Waals surface area contributed by atoms with Gasteiger partial charge in [0.2, 0.25) is 0 Å². The highest BCUT2D eigenvalue weighted by Gasteiger charge is 2.30. The highest BCUT2D eigenvalue weighted by molar-refractivity contribution is 5.28. The van der Waals surface area contributed by atoms with Crippen molar-refractivity contribution in [3.05, 3.63) is 29.8 Å². The molecular formula is C14H20O3. The first-order chi connectivity index (χ1) is 8.20. The summed E-state index contributed by atoms with van der Waals surface area (Å²) in [5.41, 5.74) is 1.11. The Bertz CT molecular complexity index is 364. The first-order valence-electron chi connectivity index (χ1n) is 6.13. The lowest BCUT2D eigenvalue weighted by molar-refractivity contribution is 0.0440. The van der Waals surface area contributed by atoms with Gasteiger partial charge >= 0.3 is 0 Å². The molecule has 1 aliphatic rings. The standard InChI is InChI=1S/C14H20O3/c1-10-13(6-7-17-10)14(15)9-11-4-3-5-12(8-11)16-2/h3-5,8,10,13-15H,6-7,9H2,1-2H3. The molecule has 1 N–H and O–H groups in total. The van der Waals surface area contributed by atoms with E-state index in [-0.39, 0.29) is 18.1 Å². The van der Waals surface area contributed by atoms with E-state index in [1.807, 2.05) is 31.2 Å². The lowest BCUT2D eigenvalue weighted by Gasteiger charge is -2.21. The maximum Gasteiger partial charge on any atom is 0.119 e. The summed E-state index contributed by atoms with van der Waals surface area (Å²) in [7, 11) is 1.66. The second kappa shape index (κ2) is 5.52. The van der Waals surface area contributed by atoms with Crippen LogP contribution in [0.2, 0.25) is 0 Å². The van der Waals surface area contributed by atoms with Gasteiger partial charge in [0, 0.05) is 12.5 Å². The summed E-state index contributed by atoms with van der Waals surface area (Å²) < 4.78 is 10.7. The number of hydrogen-bond acceptors (Lipinski definition) is 3. The number of methoxy groups -OCH3 is 1. The molecule has 0 spiro atoms. The van der Waals surface area contributed by atoms with E-state index in [2.05, 4.69) is 0 Å². The number of benzene rings is 1. The van der Waals surface area contributed by atoms with Crippen LogP contribution >= 0.6 is 0 Å². The highest BCUT2D eigenvalue weighted by Crippen LogP contribution is 2.26. The molecule has 1 saturated heterocycles. The van der Waals surface area contributed by atoms with E-state index in [4.69, 9.17) is 9.47 Å². The molecule has 1 fully saturated rings. The van der Waals surface area contributed by atoms with Crippen molar-refractivity contribution in [3.8, 4) is 5.75 Å². The van der Waals surface area contributed by atoms with E-state index in [0.717, 1.165) is 24.3 Å². The first-order valence-corrected chi connectivity index (χ1v) is 6.13. The van der Waals surface area contributed by atoms with Crippen LogP contribution in [0.25, 0.3) is 0 Å². The van der Waals surface area contributed by atoms with Crippen LogP contribution in [0.4, 0.5) is 0 Å². The third-order valence-electron chi connectivity index (χ3n) is 3.51. The fraction of sp³-hybridized carbons (Fsp3) is 0.571. The molecule has 1 aliphatic heterocycles. The smallest absolute Gasteiger partial charge is 0.119 e. The molecule has 3 nitrogen and oxygen atoms in total. The summed E-state index contributed by atoms with van der Waals surface area (Å²) in [5, 5.41) is 10.2. The van der Waals surface area contributed by atoms with E-state index in [0.29, 0.717) is 6.42 Å². The van der Waals surface area contributed by atoms with Crippen molar-refractivity contribution in [3.63, 3.8) is 0 Å². The van der Waals surface area contributed by atoms with Gasteiger partial charge in [0.15, 0.2) is 0 Å². The molecule has 94 valence electrons. The minimum atomic E-state index is -0.334. The van der Waals surface area contributed by atoms with Crippen LogP contribution in [-0.4, -0.2) is 31.0 Å². The molecule has 2 rings (SSSR count). The van der Waals surface area contributed by atoms with Crippen molar-refractivity contribution in [1.29, 1.82) is 0 Å². The minimum Gasteiger partial charge on any atom is -0.497 e. The fourth-order valence-electron chi connectivity index (χ4n) is 2.45. The summed E-state index contributed by atoms with van der Waals surface area (Å²) in [6.45, 7) is 2.80. The average Bonchev–Trinajstić information content (AvgIpc) is 2.76. The normalized spacial score (nSPS) is 25.8. The topological polar surface area (TPSA) is 38.7 Å². The molecule has 3 unspecified atom stereocenters. The Morgan fingerprint density at radius 1 is 1.53 bits per heavy atom. The van der Waals surface area contributed by atoms with Crippen LogP contribution in [0, 0.1) is 5.92 Å². The number of aliphatic hydroxyl groups excluding tert-OH is 1. The molecule has 17 heavy (non-hydrogen) atoms. The second-order valence-corrected chi connectivity index (χ2v) is 4.65. The summed E-state index contributed by atoms with van der Waals surface area (Å²) in [6, 6.07) is 7.86. The lowest BCUT2D eigenvalue weighted by Crippen LogP contribution is -2.28. The predicted molar refractivity (Wildman–Crippen MR) is 66.2 cm³/mol. The summed E-state index contributed by atoms with van der Waals surface area (Å²) in [5.74, 6) is 1.09. The number of hydrogen-bond donors (Lipinski definition) is 1. The van der Waals surface area contributed by atoms with E-state index >= 15 is 0 Å². The Kier molecular flexibility index (Phi) is 4.02. The molecule has 1 aromatic carbocycles. The first kappa shape index (κ1) is 12.4. The number of aliphatic hydroxyl groups is 1. The summed E-state index contributed by atoms with van der Waals surface area (Å²) in [6.07, 6.45) is 1.44. The van der Waals surface area contributed by atoms with E-state index < -0.39 is 0 Å². The van der Waals surface area contributed by atoms with Gasteiger partial charge in [0.05, 0.1) is 19.3 Å². The van der Waals surface area contributed by atoms with Crippen molar-refractivity contribution < 1.29 is 14.6 Å². The Morgan fingerprint density at radius 3 is 3.00 bits per heavy atom. The maximum absolute atomic E-state index is 10.2. The van der Waals surface area contributed by atoms with Gasteiger partial charge in [0.25, 0.3) is 0 Å². The quantitative estimate of drug-likeness (QED) is 0.869. The maximum atomic E-state index is 10.2. The highest BCUT2D eigenvalue weighted by atomic mass is 16.5. The van der Waals surface area contributed by atoms with Gasteiger partial charge in [-0.05, 0) is 37.5 Å². The zero-order chi connectivity index (χ0) is 12.3. The lowest BCUT2D eigenvalue weighted by atomic mass is 9.91. The van der Waals surface area contributed by atoms with Gasteiger partial charge in [-0.15, -0.1) is 0 Å². The molecule has 0 bridgehead atoms. The number of ether oxygens (including phenoxy) is 2. The second-order valence-electron chi connectivity index (χ2n) is 4.65. The third kappa shape index (κ3) is 2.99. The Labute approximate surface area is 102 Å². The van der Waals surface area contributed by atoms with Crippen molar-refractivity contribution >= 4 is 0 Å². The molecule has 3 atom stereocenters. The van der Waals surface area contributed by atoms with Crippen molar-refractivity contribution in [2.24, 2.45) is 5.92 Å². The summed E-state index contributed by atoms with van der Waals surface area (Å²) >= 11 is 0. The van der Waals surface area contributed by atoms with Crippen molar-refractivity contribution in [2.75, 3.05) is 13.7 Å². The molecule has 0 amide bonds. The Hall–Kier alpha value is -1.06. The van der Waals surface area contributed by atoms with E-state index in [9.17, 15) is 5.11 Å². The van der Waals surface area contributed by atoms with Gasteiger partial charge in [-0.3, -0.25) is 0 Å². The number of rotatable bonds is 4. The van der Waals surface area contributed by atoms with Gasteiger partial charge in [-0.2, -0.15) is 0 Å². The third-order valence-corrected chi connectivity index (χ3v) is 3.51. The molecular weight excluding hydrogens is 216 g/mol. The molecule has 0 aliphatic carbocycles. The van der Waals surface area contributed by atoms with Crippen molar-refractivity contribution in [1.82, 2.24) is 0 Å². The average molecular weight is 236 g/mol. The Balaban J connectivity index is 1.99. The van der Waals surface area contributed by atoms with Gasteiger partial charge in [-0.25, -0.2) is 0 Å². The Morgan fingerprint density at radius 2 is 2.35 bits per heavy atom. The SMILES string of the molecule is COc1cccc(CC(O)C2CCOC2C)c1. The monoisotopic (exact) mass is 236 g/mol. The van der Waals surface area contributed by atoms with Crippen LogP contribution in [-0.2, 0) is 11.2 Å². The molecule has 0 saturated carbocycles. The van der Waals surface area contributed by atoms with E-state index in [1.165, 1.54) is 0 Å². The zero-order valence-corrected chi connectivity index (χ0v) is 10.4. The predicted octanol–water partition coefficient (Wildman–Crippen LogP) is 2.02. The van der Waals surface area contributed by atoms with Crippen molar-refractivity contribution in [2.45, 2.75) is 32.0 Å².